The van der Waals surface area contributed by atoms with Gasteiger partial charge in [0.15, 0.2) is 5.65 Å². The van der Waals surface area contributed by atoms with Crippen molar-refractivity contribution in [2.45, 2.75) is 12.6 Å². The van der Waals surface area contributed by atoms with Crippen LogP contribution >= 0.6 is 0 Å². The van der Waals surface area contributed by atoms with Crippen LogP contribution in [0.5, 0.6) is 0 Å². The summed E-state index contributed by atoms with van der Waals surface area (Å²) >= 11 is 0. The van der Waals surface area contributed by atoms with Gasteiger partial charge in [0.25, 0.3) is 5.91 Å². The van der Waals surface area contributed by atoms with Crippen LogP contribution in [0.15, 0.2) is 79.1 Å². The Balaban J connectivity index is 1.42. The van der Waals surface area contributed by atoms with E-state index in [1.807, 2.05) is 52.0 Å². The summed E-state index contributed by atoms with van der Waals surface area (Å²) in [6.45, 7) is 3.03. The molecule has 1 aliphatic heterocycles. The van der Waals surface area contributed by atoms with Crippen LogP contribution in [0.1, 0.15) is 27.5 Å². The summed E-state index contributed by atoms with van der Waals surface area (Å²) in [6.07, 6.45) is 3.48. The Kier molecular flexibility index (Phi) is 5.22. The average molecular weight is 412 g/mol. The fourth-order valence-corrected chi connectivity index (χ4v) is 4.25. The number of fused-ring (bicyclic) bond motifs is 1. The number of pyridine rings is 1. The second-order valence-electron chi connectivity index (χ2n) is 8.11. The first-order valence-electron chi connectivity index (χ1n) is 10.6. The average Bonchev–Trinajstić information content (AvgIpc) is 3.22. The Morgan fingerprint density at radius 1 is 1.00 bits per heavy atom. The zero-order valence-electron chi connectivity index (χ0n) is 17.6. The molecule has 1 aliphatic rings. The molecular weight excluding hydrogens is 386 g/mol. The highest BCUT2D eigenvalue weighted by molar-refractivity contribution is 5.97. The Hall–Kier alpha value is -3.51. The Morgan fingerprint density at radius 3 is 2.52 bits per heavy atom. The minimum atomic E-state index is 0.0205. The summed E-state index contributed by atoms with van der Waals surface area (Å²) in [5.74, 6) is 0.0205. The van der Waals surface area contributed by atoms with Crippen molar-refractivity contribution in [1.82, 2.24) is 24.6 Å². The molecule has 2 aromatic heterocycles. The molecule has 0 N–H and O–H groups in total. The summed E-state index contributed by atoms with van der Waals surface area (Å²) in [4.78, 5) is 22.3. The fraction of sp³-hybridized carbons (Fsp3) is 0.240. The first-order valence-corrected chi connectivity index (χ1v) is 10.6. The van der Waals surface area contributed by atoms with Gasteiger partial charge in [-0.25, -0.2) is 9.67 Å². The molecule has 3 heterocycles. The van der Waals surface area contributed by atoms with Crippen molar-refractivity contribution in [2.75, 3.05) is 26.7 Å². The molecule has 0 spiro atoms. The third-order valence-electron chi connectivity index (χ3n) is 5.93. The van der Waals surface area contributed by atoms with Crippen molar-refractivity contribution in [3.05, 3.63) is 95.8 Å². The van der Waals surface area contributed by atoms with Crippen molar-refractivity contribution in [2.24, 2.45) is 0 Å². The van der Waals surface area contributed by atoms with Crippen molar-refractivity contribution >= 4 is 16.9 Å². The molecule has 5 rings (SSSR count). The highest BCUT2D eigenvalue weighted by Gasteiger charge is 2.31. The summed E-state index contributed by atoms with van der Waals surface area (Å²) in [7, 11) is 2.10. The largest absolute Gasteiger partial charge is 0.329 e. The molecule has 1 amide bonds. The number of piperazine rings is 1. The molecule has 1 fully saturated rings. The van der Waals surface area contributed by atoms with Gasteiger partial charge in [-0.3, -0.25) is 4.79 Å². The summed E-state index contributed by atoms with van der Waals surface area (Å²) in [5.41, 5.74) is 3.72. The van der Waals surface area contributed by atoms with Crippen LogP contribution in [0.3, 0.4) is 0 Å². The maximum Gasteiger partial charge on any atom is 0.256 e. The maximum atomic E-state index is 13.5. The van der Waals surface area contributed by atoms with E-state index >= 15 is 0 Å². The van der Waals surface area contributed by atoms with Crippen LogP contribution in [0.4, 0.5) is 0 Å². The number of benzene rings is 2. The molecular formula is C25H25N5O. The summed E-state index contributed by atoms with van der Waals surface area (Å²) in [6, 6.07) is 22.4. The number of amides is 1. The third-order valence-corrected chi connectivity index (χ3v) is 5.93. The Morgan fingerprint density at radius 2 is 1.74 bits per heavy atom. The smallest absolute Gasteiger partial charge is 0.256 e. The van der Waals surface area contributed by atoms with Gasteiger partial charge in [0.05, 0.1) is 24.3 Å². The monoisotopic (exact) mass is 411 g/mol. The molecule has 0 radical (unpaired) electrons. The van der Waals surface area contributed by atoms with Gasteiger partial charge in [-0.05, 0) is 24.2 Å². The van der Waals surface area contributed by atoms with Crippen LogP contribution in [-0.4, -0.2) is 57.2 Å². The molecule has 156 valence electrons. The lowest BCUT2D eigenvalue weighted by Gasteiger charge is -2.40. The van der Waals surface area contributed by atoms with Gasteiger partial charge in [-0.1, -0.05) is 60.7 Å². The first kappa shape index (κ1) is 19.5. The van der Waals surface area contributed by atoms with E-state index in [4.69, 9.17) is 0 Å². The van der Waals surface area contributed by atoms with E-state index < -0.39 is 0 Å². The number of carbonyl (C=O) groups excluding carboxylic acids is 1. The molecule has 1 atom stereocenters. The van der Waals surface area contributed by atoms with Gasteiger partial charge in [0.1, 0.15) is 0 Å². The zero-order valence-corrected chi connectivity index (χ0v) is 17.6. The molecule has 0 bridgehead atoms. The number of aromatic nitrogens is 3. The van der Waals surface area contributed by atoms with Crippen LogP contribution in [0, 0.1) is 0 Å². The molecule has 2 aromatic carbocycles. The Bertz CT molecular complexity index is 1190. The molecule has 1 saturated heterocycles. The van der Waals surface area contributed by atoms with Gasteiger partial charge in [-0.15, -0.1) is 0 Å². The van der Waals surface area contributed by atoms with Crippen molar-refractivity contribution in [1.29, 1.82) is 0 Å². The van der Waals surface area contributed by atoms with E-state index in [2.05, 4.69) is 46.3 Å². The maximum absolute atomic E-state index is 13.5. The quantitative estimate of drug-likeness (QED) is 0.515. The van der Waals surface area contributed by atoms with Crippen molar-refractivity contribution < 1.29 is 4.79 Å². The van der Waals surface area contributed by atoms with Crippen molar-refractivity contribution in [3.63, 3.8) is 0 Å². The van der Waals surface area contributed by atoms with Gasteiger partial charge in [-0.2, -0.15) is 5.10 Å². The van der Waals surface area contributed by atoms with Crippen LogP contribution in [0.2, 0.25) is 0 Å². The second-order valence-corrected chi connectivity index (χ2v) is 8.11. The first-order chi connectivity index (χ1) is 15.2. The van der Waals surface area contributed by atoms with Crippen LogP contribution in [0.25, 0.3) is 11.0 Å². The molecule has 31 heavy (non-hydrogen) atoms. The zero-order chi connectivity index (χ0) is 21.2. The van der Waals surface area contributed by atoms with E-state index in [9.17, 15) is 4.79 Å². The lowest BCUT2D eigenvalue weighted by molar-refractivity contribution is 0.0498. The minimum absolute atomic E-state index is 0.0205. The normalized spacial score (nSPS) is 17.2. The molecule has 6 heteroatoms. The molecule has 0 saturated carbocycles. The standard InChI is InChI=1S/C25H25N5O/c1-28-12-13-29(23(18-28)20-10-6-3-7-11-20)25(31)22-14-21-16-27-30(24(21)26-15-22)17-19-8-4-2-5-9-19/h2-11,14-16,23H,12-13,17-18H2,1H3/t23-/m1/s1. The summed E-state index contributed by atoms with van der Waals surface area (Å²) in [5, 5.41) is 5.38. The topological polar surface area (TPSA) is 54.3 Å². The number of hydrogen-bond acceptors (Lipinski definition) is 4. The predicted octanol–water partition coefficient (Wildman–Crippen LogP) is 3.61. The minimum Gasteiger partial charge on any atom is -0.329 e. The van der Waals surface area contributed by atoms with E-state index in [1.54, 1.807) is 12.4 Å². The van der Waals surface area contributed by atoms with Crippen LogP contribution < -0.4 is 0 Å². The van der Waals surface area contributed by atoms with Gasteiger partial charge in [0.2, 0.25) is 0 Å². The van der Waals surface area contributed by atoms with E-state index in [0.29, 0.717) is 18.7 Å². The highest BCUT2D eigenvalue weighted by Crippen LogP contribution is 2.27. The second kappa shape index (κ2) is 8.32. The highest BCUT2D eigenvalue weighted by atomic mass is 16.2. The lowest BCUT2D eigenvalue weighted by atomic mass is 10.0. The predicted molar refractivity (Wildman–Crippen MR) is 121 cm³/mol. The number of hydrogen-bond donors (Lipinski definition) is 0. The van der Waals surface area contributed by atoms with E-state index in [1.165, 1.54) is 0 Å². The SMILES string of the molecule is CN1CCN(C(=O)c2cnc3c(cnn3Cc3ccccc3)c2)[C@@H](c2ccccc2)C1. The van der Waals surface area contributed by atoms with E-state index in [0.717, 1.165) is 35.2 Å². The number of carbonyl (C=O) groups is 1. The molecule has 4 aromatic rings. The third kappa shape index (κ3) is 3.94. The molecule has 0 aliphatic carbocycles. The fourth-order valence-electron chi connectivity index (χ4n) is 4.25. The number of nitrogens with zero attached hydrogens (tertiary/aromatic N) is 5. The van der Waals surface area contributed by atoms with Crippen molar-refractivity contribution in [3.8, 4) is 0 Å². The van der Waals surface area contributed by atoms with E-state index in [-0.39, 0.29) is 11.9 Å². The number of rotatable bonds is 4. The Labute approximate surface area is 181 Å². The summed E-state index contributed by atoms with van der Waals surface area (Å²) < 4.78 is 1.88. The molecule has 0 unspecified atom stereocenters. The lowest BCUT2D eigenvalue weighted by Crippen LogP contribution is -2.49. The van der Waals surface area contributed by atoms with Gasteiger partial charge < -0.3 is 9.80 Å². The van der Waals surface area contributed by atoms with Gasteiger partial charge in [0, 0.05) is 31.2 Å². The number of likely N-dealkylation sites (N-methyl/N-ethyl adjacent to an activating group) is 1. The van der Waals surface area contributed by atoms with Gasteiger partial charge >= 0.3 is 0 Å². The van der Waals surface area contributed by atoms with Crippen LogP contribution in [-0.2, 0) is 6.54 Å². The molecule has 6 nitrogen and oxygen atoms in total.